The van der Waals surface area contributed by atoms with Crippen LogP contribution in [0.4, 0.5) is 0 Å². The number of carbonyl (C=O) groups is 1. The molecule has 1 aromatic rings. The number of nitrogens with zero attached hydrogens (tertiary/aromatic N) is 1. The minimum absolute atomic E-state index is 0. The zero-order valence-corrected chi connectivity index (χ0v) is 10.3. The second-order valence-corrected chi connectivity index (χ2v) is 2.99. The lowest BCUT2D eigenvalue weighted by molar-refractivity contribution is -0.697. The molecule has 1 aromatic heterocycles. The van der Waals surface area contributed by atoms with Crippen molar-refractivity contribution in [2.75, 3.05) is 0 Å². The second-order valence-electron chi connectivity index (χ2n) is 2.99. The molecule has 0 aliphatic rings. The third-order valence-electron chi connectivity index (χ3n) is 1.88. The Morgan fingerprint density at radius 3 is 2.86 bits per heavy atom. The van der Waals surface area contributed by atoms with Crippen molar-refractivity contribution in [1.29, 1.82) is 0 Å². The number of halogens is 1. The van der Waals surface area contributed by atoms with Gasteiger partial charge in [0.05, 0.1) is 0 Å². The minimum atomic E-state index is -0.870. The Labute approximate surface area is 101 Å². The fraction of sp³-hybridized carbons (Fsp3) is 0.400. The monoisotopic (exact) mass is 307 g/mol. The number of rotatable bonds is 4. The van der Waals surface area contributed by atoms with E-state index in [0.717, 1.165) is 19.4 Å². The molecule has 0 radical (unpaired) electrons. The van der Waals surface area contributed by atoms with Gasteiger partial charge in [-0.25, -0.2) is 9.36 Å². The average molecular weight is 307 g/mol. The largest absolute Gasteiger partial charge is 1.00 e. The third-order valence-corrected chi connectivity index (χ3v) is 1.88. The van der Waals surface area contributed by atoms with Gasteiger partial charge in [0, 0.05) is 12.5 Å². The maximum absolute atomic E-state index is 10.6. The number of aromatic carboxylic acids is 1. The first-order valence-electron chi connectivity index (χ1n) is 4.46. The lowest BCUT2D eigenvalue weighted by Crippen LogP contribution is -3.00. The number of carboxylic acid groups (broad SMARTS) is 1. The first-order valence-corrected chi connectivity index (χ1v) is 4.46. The van der Waals surface area contributed by atoms with E-state index in [-0.39, 0.29) is 24.0 Å². The molecule has 78 valence electrons. The van der Waals surface area contributed by atoms with Gasteiger partial charge in [0.1, 0.15) is 12.1 Å². The summed E-state index contributed by atoms with van der Waals surface area (Å²) in [5, 5.41) is 8.72. The highest BCUT2D eigenvalue weighted by Gasteiger charge is 2.07. The highest BCUT2D eigenvalue weighted by Crippen LogP contribution is 1.94. The standard InChI is InChI=1S/C10H13NO2.HI/c1-2-3-6-11-7-4-5-9(8-11)10(12)13;/h4-5,7-8H,2-3,6H2,1H3;1H. The summed E-state index contributed by atoms with van der Waals surface area (Å²) in [6.07, 6.45) is 5.75. The number of aryl methyl sites for hydroxylation is 1. The Morgan fingerprint density at radius 1 is 1.57 bits per heavy atom. The van der Waals surface area contributed by atoms with E-state index in [1.54, 1.807) is 18.3 Å². The van der Waals surface area contributed by atoms with Crippen LogP contribution in [0.25, 0.3) is 0 Å². The maximum atomic E-state index is 10.6. The van der Waals surface area contributed by atoms with Gasteiger partial charge < -0.3 is 29.1 Å². The van der Waals surface area contributed by atoms with Crippen molar-refractivity contribution in [2.45, 2.75) is 26.3 Å². The van der Waals surface area contributed by atoms with E-state index >= 15 is 0 Å². The Bertz CT molecular complexity index is 302. The van der Waals surface area contributed by atoms with E-state index in [4.69, 9.17) is 5.11 Å². The van der Waals surface area contributed by atoms with Crippen molar-refractivity contribution < 1.29 is 38.4 Å². The van der Waals surface area contributed by atoms with Gasteiger partial charge in [0.15, 0.2) is 12.4 Å². The fourth-order valence-electron chi connectivity index (χ4n) is 1.13. The summed E-state index contributed by atoms with van der Waals surface area (Å²) in [5.74, 6) is -0.870. The first kappa shape index (κ1) is 13.4. The van der Waals surface area contributed by atoms with Crippen molar-refractivity contribution in [3.8, 4) is 0 Å². The molecule has 14 heavy (non-hydrogen) atoms. The lowest BCUT2D eigenvalue weighted by Gasteiger charge is -1.95. The third kappa shape index (κ3) is 4.04. The number of pyridine rings is 1. The van der Waals surface area contributed by atoms with Crippen molar-refractivity contribution in [2.24, 2.45) is 0 Å². The summed E-state index contributed by atoms with van der Waals surface area (Å²) in [7, 11) is 0. The molecule has 1 N–H and O–H groups in total. The molecule has 0 aromatic carbocycles. The van der Waals surface area contributed by atoms with Gasteiger partial charge in [-0.1, -0.05) is 13.3 Å². The summed E-state index contributed by atoms with van der Waals surface area (Å²) in [6, 6.07) is 3.36. The molecule has 4 heteroatoms. The van der Waals surface area contributed by atoms with E-state index in [1.165, 1.54) is 0 Å². The number of carboxylic acids is 1. The smallest absolute Gasteiger partial charge is 0.341 e. The molecule has 1 rings (SSSR count). The van der Waals surface area contributed by atoms with E-state index in [2.05, 4.69) is 6.92 Å². The summed E-state index contributed by atoms with van der Waals surface area (Å²) in [6.45, 7) is 3.00. The maximum Gasteiger partial charge on any atom is 0.341 e. The van der Waals surface area contributed by atoms with Crippen LogP contribution in [0.1, 0.15) is 30.1 Å². The van der Waals surface area contributed by atoms with Gasteiger partial charge in [-0.3, -0.25) is 0 Å². The van der Waals surface area contributed by atoms with Crippen molar-refractivity contribution in [1.82, 2.24) is 0 Å². The summed E-state index contributed by atoms with van der Waals surface area (Å²) in [4.78, 5) is 10.6. The molecule has 0 saturated carbocycles. The van der Waals surface area contributed by atoms with Crippen molar-refractivity contribution in [3.63, 3.8) is 0 Å². The molecule has 3 nitrogen and oxygen atoms in total. The van der Waals surface area contributed by atoms with Gasteiger partial charge in [-0.15, -0.1) is 0 Å². The first-order chi connectivity index (χ1) is 6.24. The highest BCUT2D eigenvalue weighted by molar-refractivity contribution is 5.86. The van der Waals surface area contributed by atoms with Crippen LogP contribution in [0.3, 0.4) is 0 Å². The highest BCUT2D eigenvalue weighted by atomic mass is 127. The molecule has 0 aliphatic heterocycles. The zero-order valence-electron chi connectivity index (χ0n) is 8.11. The topological polar surface area (TPSA) is 41.2 Å². The number of unbranched alkanes of at least 4 members (excludes halogenated alkanes) is 1. The molecule has 0 aliphatic carbocycles. The summed E-state index contributed by atoms with van der Waals surface area (Å²) in [5.41, 5.74) is 0.346. The Morgan fingerprint density at radius 2 is 2.29 bits per heavy atom. The molecule has 0 unspecified atom stereocenters. The van der Waals surface area contributed by atoms with Gasteiger partial charge >= 0.3 is 5.97 Å². The van der Waals surface area contributed by atoms with Gasteiger partial charge in [0.25, 0.3) is 0 Å². The number of aromatic nitrogens is 1. The molecule has 0 atom stereocenters. The minimum Gasteiger partial charge on any atom is -1.00 e. The van der Waals surface area contributed by atoms with Crippen LogP contribution in [0.2, 0.25) is 0 Å². The van der Waals surface area contributed by atoms with Gasteiger partial charge in [0.2, 0.25) is 0 Å². The fourth-order valence-corrected chi connectivity index (χ4v) is 1.13. The van der Waals surface area contributed by atoms with E-state index in [0.29, 0.717) is 5.56 Å². The zero-order chi connectivity index (χ0) is 9.68. The lowest BCUT2D eigenvalue weighted by atomic mass is 10.3. The Hall–Kier alpha value is -0.650. The molecule has 0 saturated heterocycles. The molecule has 0 bridgehead atoms. The van der Waals surface area contributed by atoms with Gasteiger partial charge in [-0.05, 0) is 6.07 Å². The molecule has 1 heterocycles. The Balaban J connectivity index is 0.00000169. The Kier molecular flexibility index (Phi) is 6.44. The predicted molar refractivity (Wildman–Crippen MR) is 48.5 cm³/mol. The molecule has 0 amide bonds. The SMILES string of the molecule is CCCC[n+]1cccc(C(=O)O)c1.[I-]. The van der Waals surface area contributed by atoms with Crippen molar-refractivity contribution in [3.05, 3.63) is 30.1 Å². The van der Waals surface area contributed by atoms with E-state index in [1.807, 2.05) is 10.8 Å². The predicted octanol–water partition coefficient (Wildman–Crippen LogP) is -1.52. The van der Waals surface area contributed by atoms with Crippen LogP contribution in [-0.4, -0.2) is 11.1 Å². The quantitative estimate of drug-likeness (QED) is 0.542. The summed E-state index contributed by atoms with van der Waals surface area (Å²) < 4.78 is 1.91. The van der Waals surface area contributed by atoms with Crippen LogP contribution in [-0.2, 0) is 6.54 Å². The van der Waals surface area contributed by atoms with E-state index in [9.17, 15) is 4.79 Å². The van der Waals surface area contributed by atoms with Crippen molar-refractivity contribution >= 4 is 5.97 Å². The number of hydrogen-bond acceptors (Lipinski definition) is 1. The van der Waals surface area contributed by atoms with E-state index < -0.39 is 5.97 Å². The molecular weight excluding hydrogens is 293 g/mol. The number of hydrogen-bond donors (Lipinski definition) is 1. The van der Waals surface area contributed by atoms with Crippen LogP contribution in [0.15, 0.2) is 24.5 Å². The van der Waals surface area contributed by atoms with Crippen LogP contribution >= 0.6 is 0 Å². The van der Waals surface area contributed by atoms with Crippen LogP contribution in [0, 0.1) is 0 Å². The molecule has 0 fully saturated rings. The van der Waals surface area contributed by atoms with Crippen LogP contribution < -0.4 is 28.5 Å². The summed E-state index contributed by atoms with van der Waals surface area (Å²) >= 11 is 0. The average Bonchev–Trinajstić information content (AvgIpc) is 2.15. The van der Waals surface area contributed by atoms with Crippen LogP contribution in [0.5, 0.6) is 0 Å². The normalized spacial score (nSPS) is 9.21. The molecular formula is C10H14INO2. The molecule has 0 spiro atoms. The second kappa shape index (κ2) is 6.75. The van der Waals surface area contributed by atoms with Gasteiger partial charge in [-0.2, -0.15) is 0 Å².